The molecule has 0 heterocycles. The van der Waals surface area contributed by atoms with E-state index in [9.17, 15) is 0 Å². The van der Waals surface area contributed by atoms with E-state index in [-0.39, 0.29) is 0 Å². The zero-order chi connectivity index (χ0) is 26.5. The first-order valence-electron chi connectivity index (χ1n) is 13.9. The van der Waals surface area contributed by atoms with Gasteiger partial charge < -0.3 is 0 Å². The zero-order valence-electron chi connectivity index (χ0n) is 22.0. The van der Waals surface area contributed by atoms with Crippen molar-refractivity contribution in [3.8, 4) is 33.4 Å². The molecule has 40 heavy (non-hydrogen) atoms. The van der Waals surface area contributed by atoms with E-state index < -0.39 is 0 Å². The van der Waals surface area contributed by atoms with Gasteiger partial charge in [0.15, 0.2) is 0 Å². The van der Waals surface area contributed by atoms with Crippen LogP contribution in [0.4, 0.5) is 0 Å². The maximum Gasteiger partial charge on any atom is -0.00141 e. The Hall–Kier alpha value is -5.20. The van der Waals surface area contributed by atoms with Crippen LogP contribution in [0.1, 0.15) is 0 Å². The molecule has 0 atom stereocenters. The summed E-state index contributed by atoms with van der Waals surface area (Å²) in [7, 11) is 0. The molecule has 0 saturated heterocycles. The van der Waals surface area contributed by atoms with Crippen LogP contribution in [0.5, 0.6) is 0 Å². The lowest BCUT2D eigenvalue weighted by atomic mass is 9.84. The maximum absolute atomic E-state index is 2.39. The third-order valence-corrected chi connectivity index (χ3v) is 8.23. The summed E-state index contributed by atoms with van der Waals surface area (Å²) in [6.07, 6.45) is 0. The largest absolute Gasteiger partial charge is 0.0622 e. The van der Waals surface area contributed by atoms with Crippen LogP contribution in [0.2, 0.25) is 0 Å². The molecule has 0 N–H and O–H groups in total. The molecule has 0 spiro atoms. The first kappa shape index (κ1) is 22.8. The monoisotopic (exact) mass is 506 g/mol. The van der Waals surface area contributed by atoms with E-state index in [4.69, 9.17) is 0 Å². The SMILES string of the molecule is c1ccc(-c2ccc(-c3ccccc3)c3c(-c4ccc5c(ccc6ccccc65)c4)c4ccccc4cc23)cc1. The summed E-state index contributed by atoms with van der Waals surface area (Å²) >= 11 is 0. The molecule has 8 aromatic carbocycles. The van der Waals surface area contributed by atoms with Gasteiger partial charge in [0.25, 0.3) is 0 Å². The zero-order valence-corrected chi connectivity index (χ0v) is 22.0. The van der Waals surface area contributed by atoms with Crippen molar-refractivity contribution in [2.75, 3.05) is 0 Å². The Balaban J connectivity index is 1.53. The highest BCUT2D eigenvalue weighted by atomic mass is 14.2. The van der Waals surface area contributed by atoms with Gasteiger partial charge >= 0.3 is 0 Å². The van der Waals surface area contributed by atoms with E-state index in [1.54, 1.807) is 0 Å². The lowest BCUT2D eigenvalue weighted by Gasteiger charge is -2.19. The predicted molar refractivity (Wildman–Crippen MR) is 173 cm³/mol. The van der Waals surface area contributed by atoms with Crippen molar-refractivity contribution in [1.29, 1.82) is 0 Å². The Bertz CT molecular complexity index is 2190. The average Bonchev–Trinajstić information content (AvgIpc) is 3.03. The van der Waals surface area contributed by atoms with Crippen LogP contribution in [-0.4, -0.2) is 0 Å². The summed E-state index contributed by atoms with van der Waals surface area (Å²) in [6.45, 7) is 0. The van der Waals surface area contributed by atoms with Gasteiger partial charge in [-0.05, 0) is 88.6 Å². The predicted octanol–water partition coefficient (Wildman–Crippen LogP) is 11.3. The highest BCUT2D eigenvalue weighted by molar-refractivity contribution is 6.21. The van der Waals surface area contributed by atoms with Crippen molar-refractivity contribution in [3.05, 3.63) is 158 Å². The molecule has 0 fully saturated rings. The molecule has 186 valence electrons. The van der Waals surface area contributed by atoms with Gasteiger partial charge in [0.2, 0.25) is 0 Å². The van der Waals surface area contributed by atoms with E-state index in [0.717, 1.165) is 0 Å². The van der Waals surface area contributed by atoms with Gasteiger partial charge in [-0.25, -0.2) is 0 Å². The van der Waals surface area contributed by atoms with Gasteiger partial charge in [0.05, 0.1) is 0 Å². The van der Waals surface area contributed by atoms with Crippen LogP contribution in [0.25, 0.3) is 76.5 Å². The smallest absolute Gasteiger partial charge is 0.00141 e. The molecule has 0 nitrogen and oxygen atoms in total. The molecule has 8 aromatic rings. The summed E-state index contributed by atoms with van der Waals surface area (Å²) < 4.78 is 0. The second kappa shape index (κ2) is 9.22. The van der Waals surface area contributed by atoms with Gasteiger partial charge in [-0.15, -0.1) is 0 Å². The molecule has 0 bridgehead atoms. The first-order chi connectivity index (χ1) is 19.8. The minimum absolute atomic E-state index is 1.23. The molecule has 0 aliphatic carbocycles. The number of benzene rings is 8. The van der Waals surface area contributed by atoms with Crippen molar-refractivity contribution in [1.82, 2.24) is 0 Å². The molecular formula is C40H26. The fraction of sp³-hybridized carbons (Fsp3) is 0. The lowest BCUT2D eigenvalue weighted by molar-refractivity contribution is 1.62. The molecular weight excluding hydrogens is 480 g/mol. The topological polar surface area (TPSA) is 0 Å². The van der Waals surface area contributed by atoms with Crippen molar-refractivity contribution in [2.45, 2.75) is 0 Å². The summed E-state index contributed by atoms with van der Waals surface area (Å²) in [5.41, 5.74) is 7.52. The lowest BCUT2D eigenvalue weighted by Crippen LogP contribution is -1.92. The molecule has 0 heteroatoms. The third-order valence-electron chi connectivity index (χ3n) is 8.23. The van der Waals surface area contributed by atoms with Crippen molar-refractivity contribution >= 4 is 43.1 Å². The van der Waals surface area contributed by atoms with Gasteiger partial charge in [0, 0.05) is 0 Å². The Labute approximate surface area is 233 Å². The van der Waals surface area contributed by atoms with Gasteiger partial charge in [0.1, 0.15) is 0 Å². The first-order valence-corrected chi connectivity index (χ1v) is 13.9. The summed E-state index contributed by atoms with van der Waals surface area (Å²) in [5, 5.41) is 10.2. The highest BCUT2D eigenvalue weighted by Crippen LogP contribution is 2.45. The van der Waals surface area contributed by atoms with E-state index >= 15 is 0 Å². The second-order valence-corrected chi connectivity index (χ2v) is 10.5. The third kappa shape index (κ3) is 3.61. The molecule has 0 aliphatic rings. The fourth-order valence-corrected chi connectivity index (χ4v) is 6.38. The molecule has 0 amide bonds. The number of hydrogen-bond acceptors (Lipinski definition) is 0. The van der Waals surface area contributed by atoms with Crippen LogP contribution in [-0.2, 0) is 0 Å². The minimum atomic E-state index is 1.23. The van der Waals surface area contributed by atoms with Crippen LogP contribution >= 0.6 is 0 Å². The number of rotatable bonds is 3. The Morgan fingerprint density at radius 3 is 1.60 bits per heavy atom. The molecule has 0 aromatic heterocycles. The van der Waals surface area contributed by atoms with Gasteiger partial charge in [-0.2, -0.15) is 0 Å². The second-order valence-electron chi connectivity index (χ2n) is 10.5. The average molecular weight is 507 g/mol. The van der Waals surface area contributed by atoms with Gasteiger partial charge in [-0.1, -0.05) is 146 Å². The molecule has 0 saturated carbocycles. The summed E-state index contributed by atoms with van der Waals surface area (Å²) in [6, 6.07) is 57.6. The Kier molecular flexibility index (Phi) is 5.24. The Morgan fingerprint density at radius 2 is 0.825 bits per heavy atom. The molecule has 8 rings (SSSR count). The van der Waals surface area contributed by atoms with Crippen molar-refractivity contribution < 1.29 is 0 Å². The van der Waals surface area contributed by atoms with Crippen LogP contribution < -0.4 is 0 Å². The number of fused-ring (bicyclic) bond motifs is 5. The molecule has 0 aliphatic heterocycles. The standard InChI is InChI=1S/C40H26/c1-3-11-27(12-4-1)34-23-24-37(28-13-5-2-6-14-28)40-38(34)26-30-16-8-10-18-36(30)39(40)32-21-22-35-31(25-32)20-19-29-15-7-9-17-33(29)35/h1-26H. The van der Waals surface area contributed by atoms with Crippen LogP contribution in [0.15, 0.2) is 158 Å². The van der Waals surface area contributed by atoms with Crippen LogP contribution in [0.3, 0.4) is 0 Å². The van der Waals surface area contributed by atoms with E-state index in [0.29, 0.717) is 0 Å². The van der Waals surface area contributed by atoms with E-state index in [2.05, 4.69) is 158 Å². The molecule has 0 unspecified atom stereocenters. The normalized spacial score (nSPS) is 11.5. The summed E-state index contributed by atoms with van der Waals surface area (Å²) in [4.78, 5) is 0. The van der Waals surface area contributed by atoms with Crippen molar-refractivity contribution in [2.24, 2.45) is 0 Å². The minimum Gasteiger partial charge on any atom is -0.0622 e. The molecule has 0 radical (unpaired) electrons. The van der Waals surface area contributed by atoms with Crippen molar-refractivity contribution in [3.63, 3.8) is 0 Å². The highest BCUT2D eigenvalue weighted by Gasteiger charge is 2.18. The maximum atomic E-state index is 2.39. The number of hydrogen-bond donors (Lipinski definition) is 0. The fourth-order valence-electron chi connectivity index (χ4n) is 6.38. The van der Waals surface area contributed by atoms with Crippen LogP contribution in [0, 0.1) is 0 Å². The quantitative estimate of drug-likeness (QED) is 0.165. The summed E-state index contributed by atoms with van der Waals surface area (Å²) in [5.74, 6) is 0. The van der Waals surface area contributed by atoms with E-state index in [1.165, 1.54) is 76.5 Å². The Morgan fingerprint density at radius 1 is 0.275 bits per heavy atom. The van der Waals surface area contributed by atoms with Gasteiger partial charge in [-0.3, -0.25) is 0 Å². The van der Waals surface area contributed by atoms with E-state index in [1.807, 2.05) is 0 Å².